The van der Waals surface area contributed by atoms with Gasteiger partial charge in [-0.1, -0.05) is 13.8 Å². The van der Waals surface area contributed by atoms with Gasteiger partial charge in [-0.3, -0.25) is 0 Å². The molecule has 0 aromatic carbocycles. The van der Waals surface area contributed by atoms with E-state index < -0.39 is 0 Å². The van der Waals surface area contributed by atoms with Gasteiger partial charge in [-0.15, -0.1) is 0 Å². The van der Waals surface area contributed by atoms with E-state index >= 15 is 0 Å². The van der Waals surface area contributed by atoms with Crippen LogP contribution in [0.3, 0.4) is 0 Å². The van der Waals surface area contributed by atoms with Gasteiger partial charge >= 0.3 is 0 Å². The van der Waals surface area contributed by atoms with Gasteiger partial charge in [0.25, 0.3) is 0 Å². The molecule has 94 valence electrons. The second-order valence-corrected chi connectivity index (χ2v) is 5.32. The standard InChI is InChI=1S/C13H25NO2/c1-4-13(2,11-15)10-14-7-5-6-12(8-14)9-16-3/h11-12H,4-10H2,1-3H3. The van der Waals surface area contributed by atoms with E-state index in [0.717, 1.165) is 38.9 Å². The van der Waals surface area contributed by atoms with Crippen molar-refractivity contribution in [2.45, 2.75) is 33.1 Å². The molecule has 0 N–H and O–H groups in total. The minimum atomic E-state index is -0.172. The van der Waals surface area contributed by atoms with E-state index in [1.54, 1.807) is 7.11 Å². The summed E-state index contributed by atoms with van der Waals surface area (Å²) in [5.41, 5.74) is -0.172. The third-order valence-corrected chi connectivity index (χ3v) is 3.68. The summed E-state index contributed by atoms with van der Waals surface area (Å²) in [6, 6.07) is 0. The smallest absolute Gasteiger partial charge is 0.127 e. The molecule has 1 heterocycles. The van der Waals surface area contributed by atoms with E-state index in [1.165, 1.54) is 12.8 Å². The van der Waals surface area contributed by atoms with Crippen molar-refractivity contribution in [2.24, 2.45) is 11.3 Å². The molecule has 1 aliphatic rings. The van der Waals surface area contributed by atoms with Gasteiger partial charge in [0.15, 0.2) is 0 Å². The molecule has 0 saturated carbocycles. The van der Waals surface area contributed by atoms with Crippen LogP contribution in [-0.4, -0.2) is 44.5 Å². The van der Waals surface area contributed by atoms with Gasteiger partial charge in [0.2, 0.25) is 0 Å². The van der Waals surface area contributed by atoms with E-state index in [2.05, 4.69) is 18.7 Å². The lowest BCUT2D eigenvalue weighted by atomic mass is 9.87. The summed E-state index contributed by atoms with van der Waals surface area (Å²) in [5.74, 6) is 0.645. The molecule has 0 aliphatic carbocycles. The average Bonchev–Trinajstić information content (AvgIpc) is 2.30. The molecule has 1 aliphatic heterocycles. The molecule has 2 atom stereocenters. The number of likely N-dealkylation sites (tertiary alicyclic amines) is 1. The maximum absolute atomic E-state index is 11.1. The highest BCUT2D eigenvalue weighted by Gasteiger charge is 2.28. The second kappa shape index (κ2) is 6.36. The highest BCUT2D eigenvalue weighted by molar-refractivity contribution is 5.58. The first kappa shape index (κ1) is 13.7. The van der Waals surface area contributed by atoms with Gasteiger partial charge in [0, 0.05) is 25.6 Å². The molecule has 1 saturated heterocycles. The first-order valence-electron chi connectivity index (χ1n) is 6.31. The molecule has 3 nitrogen and oxygen atoms in total. The lowest BCUT2D eigenvalue weighted by Gasteiger charge is -2.36. The van der Waals surface area contributed by atoms with Crippen LogP contribution in [0.2, 0.25) is 0 Å². The highest BCUT2D eigenvalue weighted by atomic mass is 16.5. The Labute approximate surface area is 99.1 Å². The lowest BCUT2D eigenvalue weighted by Crippen LogP contribution is -2.43. The van der Waals surface area contributed by atoms with Crippen LogP contribution in [0, 0.1) is 11.3 Å². The predicted octanol–water partition coefficient (Wildman–Crippen LogP) is 1.96. The number of nitrogens with zero attached hydrogens (tertiary/aromatic N) is 1. The summed E-state index contributed by atoms with van der Waals surface area (Å²) in [7, 11) is 1.76. The molecule has 16 heavy (non-hydrogen) atoms. The molecule has 1 rings (SSSR count). The Kier molecular flexibility index (Phi) is 5.42. The molecule has 0 radical (unpaired) electrons. The number of hydrogen-bond donors (Lipinski definition) is 0. The molecule has 0 bridgehead atoms. The number of rotatable bonds is 6. The summed E-state index contributed by atoms with van der Waals surface area (Å²) < 4.78 is 5.22. The van der Waals surface area contributed by atoms with Crippen LogP contribution in [-0.2, 0) is 9.53 Å². The molecular formula is C13H25NO2. The van der Waals surface area contributed by atoms with Crippen molar-refractivity contribution in [3.8, 4) is 0 Å². The van der Waals surface area contributed by atoms with Gasteiger partial charge in [-0.05, 0) is 31.7 Å². The minimum absolute atomic E-state index is 0.172. The highest BCUT2D eigenvalue weighted by Crippen LogP contribution is 2.24. The van der Waals surface area contributed by atoms with Crippen LogP contribution < -0.4 is 0 Å². The number of carbonyl (C=O) groups is 1. The monoisotopic (exact) mass is 227 g/mol. The topological polar surface area (TPSA) is 29.5 Å². The Balaban J connectivity index is 2.44. The molecule has 3 heteroatoms. The van der Waals surface area contributed by atoms with Crippen LogP contribution in [0.15, 0.2) is 0 Å². The second-order valence-electron chi connectivity index (χ2n) is 5.32. The molecule has 0 amide bonds. The van der Waals surface area contributed by atoms with Crippen molar-refractivity contribution in [1.82, 2.24) is 4.90 Å². The zero-order chi connectivity index (χ0) is 12.0. The van der Waals surface area contributed by atoms with E-state index in [0.29, 0.717) is 5.92 Å². The Morgan fingerprint density at radius 1 is 1.56 bits per heavy atom. The maximum atomic E-state index is 11.1. The Morgan fingerprint density at radius 2 is 2.31 bits per heavy atom. The van der Waals surface area contributed by atoms with E-state index in [4.69, 9.17) is 4.74 Å². The Bertz CT molecular complexity index is 218. The van der Waals surface area contributed by atoms with Crippen molar-refractivity contribution in [3.63, 3.8) is 0 Å². The third kappa shape index (κ3) is 3.87. The zero-order valence-electron chi connectivity index (χ0n) is 10.9. The number of hydrogen-bond acceptors (Lipinski definition) is 3. The van der Waals surface area contributed by atoms with Crippen LogP contribution >= 0.6 is 0 Å². The van der Waals surface area contributed by atoms with Crippen molar-refractivity contribution in [1.29, 1.82) is 0 Å². The summed E-state index contributed by atoms with van der Waals surface area (Å²) in [4.78, 5) is 13.5. The van der Waals surface area contributed by atoms with Crippen molar-refractivity contribution < 1.29 is 9.53 Å². The van der Waals surface area contributed by atoms with Gasteiger partial charge in [-0.25, -0.2) is 0 Å². The fourth-order valence-electron chi connectivity index (χ4n) is 2.41. The number of methoxy groups -OCH3 is 1. The molecule has 0 spiro atoms. The van der Waals surface area contributed by atoms with Crippen molar-refractivity contribution in [3.05, 3.63) is 0 Å². The SMILES string of the molecule is CCC(C)(C=O)CN1CCCC(COC)C1. The fourth-order valence-corrected chi connectivity index (χ4v) is 2.41. The van der Waals surface area contributed by atoms with Gasteiger partial charge in [-0.2, -0.15) is 0 Å². The average molecular weight is 227 g/mol. The first-order valence-corrected chi connectivity index (χ1v) is 6.31. The summed E-state index contributed by atoms with van der Waals surface area (Å²) in [5, 5.41) is 0. The lowest BCUT2D eigenvalue weighted by molar-refractivity contribution is -0.117. The fraction of sp³-hybridized carbons (Fsp3) is 0.923. The van der Waals surface area contributed by atoms with Gasteiger partial charge < -0.3 is 14.4 Å². The van der Waals surface area contributed by atoms with Crippen LogP contribution in [0.4, 0.5) is 0 Å². The molecule has 1 fully saturated rings. The van der Waals surface area contributed by atoms with Crippen molar-refractivity contribution in [2.75, 3.05) is 33.4 Å². The van der Waals surface area contributed by atoms with E-state index in [1.807, 2.05) is 0 Å². The number of aldehydes is 1. The maximum Gasteiger partial charge on any atom is 0.127 e. The first-order chi connectivity index (χ1) is 7.63. The summed E-state index contributed by atoms with van der Waals surface area (Å²) >= 11 is 0. The van der Waals surface area contributed by atoms with Crippen molar-refractivity contribution >= 4 is 6.29 Å². The normalized spacial score (nSPS) is 26.3. The molecule has 0 aromatic heterocycles. The quantitative estimate of drug-likeness (QED) is 0.650. The Hall–Kier alpha value is -0.410. The number of piperidine rings is 1. The number of carbonyl (C=O) groups excluding carboxylic acids is 1. The van der Waals surface area contributed by atoms with Gasteiger partial charge in [0.1, 0.15) is 6.29 Å². The Morgan fingerprint density at radius 3 is 2.88 bits per heavy atom. The van der Waals surface area contributed by atoms with Gasteiger partial charge in [0.05, 0.1) is 6.61 Å². The molecule has 0 aromatic rings. The zero-order valence-corrected chi connectivity index (χ0v) is 10.9. The van der Waals surface area contributed by atoms with E-state index in [9.17, 15) is 4.79 Å². The van der Waals surface area contributed by atoms with Crippen LogP contribution in [0.5, 0.6) is 0 Å². The third-order valence-electron chi connectivity index (χ3n) is 3.68. The predicted molar refractivity (Wildman–Crippen MR) is 65.5 cm³/mol. The molecular weight excluding hydrogens is 202 g/mol. The minimum Gasteiger partial charge on any atom is -0.384 e. The largest absolute Gasteiger partial charge is 0.384 e. The summed E-state index contributed by atoms with van der Waals surface area (Å²) in [6.07, 6.45) is 4.52. The summed E-state index contributed by atoms with van der Waals surface area (Å²) in [6.45, 7) is 8.10. The van der Waals surface area contributed by atoms with Crippen LogP contribution in [0.25, 0.3) is 0 Å². The number of ether oxygens (including phenoxy) is 1. The van der Waals surface area contributed by atoms with Crippen LogP contribution in [0.1, 0.15) is 33.1 Å². The molecule has 2 unspecified atom stereocenters. The van der Waals surface area contributed by atoms with E-state index in [-0.39, 0.29) is 5.41 Å².